The van der Waals surface area contributed by atoms with E-state index in [0.717, 1.165) is 104 Å². The summed E-state index contributed by atoms with van der Waals surface area (Å²) in [5, 5.41) is 3.27. The third kappa shape index (κ3) is 6.45. The molecule has 0 radical (unpaired) electrons. The summed E-state index contributed by atoms with van der Waals surface area (Å²) >= 11 is 0. The summed E-state index contributed by atoms with van der Waals surface area (Å²) in [6, 6.07) is 51.6. The smallest absolute Gasteiger partial charge is 0.163 e. The first-order valence-electron chi connectivity index (χ1n) is 21.6. The maximum Gasteiger partial charge on any atom is 0.163 e. The third-order valence-corrected chi connectivity index (χ3v) is 12.6. The van der Waals surface area contributed by atoms with Crippen LogP contribution in [0.4, 0.5) is 0 Å². The van der Waals surface area contributed by atoms with E-state index in [2.05, 4.69) is 176 Å². The van der Waals surface area contributed by atoms with Crippen LogP contribution in [0.25, 0.3) is 90.0 Å². The Morgan fingerprint density at radius 1 is 0.532 bits per heavy atom. The molecule has 3 aliphatic carbocycles. The molecule has 0 saturated heterocycles. The van der Waals surface area contributed by atoms with Gasteiger partial charge in [0.25, 0.3) is 0 Å². The van der Waals surface area contributed by atoms with E-state index in [1.807, 2.05) is 6.07 Å². The molecular formula is C57H41N3O2. The molecule has 3 heterocycles. The molecule has 0 aliphatic heterocycles. The van der Waals surface area contributed by atoms with Gasteiger partial charge in [-0.05, 0) is 107 Å². The van der Waals surface area contributed by atoms with Crippen molar-refractivity contribution in [1.29, 1.82) is 0 Å². The minimum Gasteiger partial charge on any atom is -0.460 e. The van der Waals surface area contributed by atoms with Gasteiger partial charge in [-0.3, -0.25) is 0 Å². The van der Waals surface area contributed by atoms with E-state index < -0.39 is 0 Å². The highest BCUT2D eigenvalue weighted by Gasteiger charge is 2.24. The topological polar surface area (TPSA) is 65.0 Å². The van der Waals surface area contributed by atoms with E-state index in [4.69, 9.17) is 23.8 Å². The number of rotatable bonds is 7. The van der Waals surface area contributed by atoms with Crippen molar-refractivity contribution in [3.63, 3.8) is 0 Å². The highest BCUT2D eigenvalue weighted by Crippen LogP contribution is 2.42. The Kier molecular flexibility index (Phi) is 8.84. The normalized spacial score (nSPS) is 15.6. The number of hydrogen-bond donors (Lipinski definition) is 0. The number of benzene rings is 6. The standard InChI is InChI=1S/C57H41N3O2/c1-4-13-36(14-5-1)38-25-27-40(28-26-38)56-58-55(39-17-8-3-9-18-39)59-57(60-56)46-22-12-24-52-54(46)48-35-44(30-32-50(48)62-52)45-21-11-23-51-53(45)47-34-43(29-31-49(47)61-51)42-20-10-19-41(33-42)37-15-6-2-7-16-37/h1-11,13-17,19-21,23-28,30,32-35,39H,12,18,22,29,31H2. The Bertz CT molecular complexity index is 3420. The molecule has 3 aromatic heterocycles. The van der Waals surface area contributed by atoms with E-state index in [1.165, 1.54) is 33.4 Å². The summed E-state index contributed by atoms with van der Waals surface area (Å²) in [5.41, 5.74) is 15.5. The van der Waals surface area contributed by atoms with Crippen LogP contribution in [-0.4, -0.2) is 15.0 Å². The molecule has 0 saturated carbocycles. The van der Waals surface area contributed by atoms with Crippen molar-refractivity contribution in [3.05, 3.63) is 209 Å². The molecule has 5 nitrogen and oxygen atoms in total. The molecule has 5 heteroatoms. The first-order chi connectivity index (χ1) is 30.7. The second kappa shape index (κ2) is 15.1. The number of furan rings is 2. The SMILES string of the molecule is C1=CCC(c2nc(C3=c4c(oc5ccc(-c6cccc7oc8c(c67)C=C(c6cccc(-c7ccccc7)c6)CC8)cc45)=CCC3)nc(-c3ccc(-c4ccccc4)cc3)n2)C=C1. The molecule has 0 N–H and O–H groups in total. The second-order valence-electron chi connectivity index (χ2n) is 16.4. The van der Waals surface area contributed by atoms with Crippen LogP contribution in [0.2, 0.25) is 0 Å². The zero-order valence-electron chi connectivity index (χ0n) is 34.1. The lowest BCUT2D eigenvalue weighted by Crippen LogP contribution is -2.27. The maximum absolute atomic E-state index is 6.62. The van der Waals surface area contributed by atoms with Crippen molar-refractivity contribution < 1.29 is 8.83 Å². The van der Waals surface area contributed by atoms with E-state index in [1.54, 1.807) is 0 Å². The van der Waals surface area contributed by atoms with Gasteiger partial charge >= 0.3 is 0 Å². The molecule has 9 aromatic rings. The van der Waals surface area contributed by atoms with Crippen molar-refractivity contribution >= 4 is 45.2 Å². The molecule has 0 spiro atoms. The van der Waals surface area contributed by atoms with Gasteiger partial charge < -0.3 is 8.83 Å². The van der Waals surface area contributed by atoms with Crippen LogP contribution < -0.4 is 10.6 Å². The van der Waals surface area contributed by atoms with Crippen LogP contribution in [0.3, 0.4) is 0 Å². The lowest BCUT2D eigenvalue weighted by Gasteiger charge is -2.16. The van der Waals surface area contributed by atoms with Gasteiger partial charge in [-0.2, -0.15) is 0 Å². The predicted molar refractivity (Wildman–Crippen MR) is 251 cm³/mol. The summed E-state index contributed by atoms with van der Waals surface area (Å²) in [4.78, 5) is 15.6. The van der Waals surface area contributed by atoms with Gasteiger partial charge in [0.15, 0.2) is 11.6 Å². The molecule has 296 valence electrons. The van der Waals surface area contributed by atoms with Crippen molar-refractivity contribution in [1.82, 2.24) is 15.0 Å². The highest BCUT2D eigenvalue weighted by molar-refractivity contribution is 6.05. The monoisotopic (exact) mass is 799 g/mol. The number of fused-ring (bicyclic) bond motifs is 6. The van der Waals surface area contributed by atoms with Gasteiger partial charge in [0.2, 0.25) is 0 Å². The molecule has 0 fully saturated rings. The molecule has 6 aromatic carbocycles. The molecule has 0 bridgehead atoms. The van der Waals surface area contributed by atoms with Crippen LogP contribution >= 0.6 is 0 Å². The van der Waals surface area contributed by atoms with E-state index in [-0.39, 0.29) is 5.92 Å². The molecule has 3 aliphatic rings. The zero-order valence-corrected chi connectivity index (χ0v) is 34.1. The van der Waals surface area contributed by atoms with Crippen LogP contribution in [-0.2, 0) is 6.42 Å². The Morgan fingerprint density at radius 3 is 2.08 bits per heavy atom. The van der Waals surface area contributed by atoms with E-state index >= 15 is 0 Å². The lowest BCUT2D eigenvalue weighted by atomic mass is 9.88. The highest BCUT2D eigenvalue weighted by atomic mass is 16.3. The number of nitrogens with zero attached hydrogens (tertiary/aromatic N) is 3. The number of hydrogen-bond acceptors (Lipinski definition) is 5. The number of aryl methyl sites for hydroxylation is 1. The van der Waals surface area contributed by atoms with Crippen LogP contribution in [0.15, 0.2) is 179 Å². The van der Waals surface area contributed by atoms with E-state index in [0.29, 0.717) is 11.6 Å². The average Bonchev–Trinajstić information content (AvgIpc) is 3.93. The minimum atomic E-state index is 0.0655. The predicted octanol–water partition coefficient (Wildman–Crippen LogP) is 12.9. The lowest BCUT2D eigenvalue weighted by molar-refractivity contribution is 0.548. The zero-order chi connectivity index (χ0) is 41.0. The number of aromatic nitrogens is 3. The van der Waals surface area contributed by atoms with Gasteiger partial charge in [-0.15, -0.1) is 0 Å². The second-order valence-corrected chi connectivity index (χ2v) is 16.4. The average molecular weight is 800 g/mol. The Labute approximate surface area is 359 Å². The summed E-state index contributed by atoms with van der Waals surface area (Å²) in [6.45, 7) is 0. The summed E-state index contributed by atoms with van der Waals surface area (Å²) in [5.74, 6) is 3.28. The fourth-order valence-corrected chi connectivity index (χ4v) is 9.52. The number of allylic oxidation sites excluding steroid dienone is 5. The van der Waals surface area contributed by atoms with Crippen molar-refractivity contribution in [2.45, 2.75) is 38.0 Å². The van der Waals surface area contributed by atoms with Crippen LogP contribution in [0, 0.1) is 0 Å². The largest absolute Gasteiger partial charge is 0.460 e. The van der Waals surface area contributed by atoms with Crippen LogP contribution in [0.5, 0.6) is 0 Å². The first-order valence-corrected chi connectivity index (χ1v) is 21.6. The van der Waals surface area contributed by atoms with Gasteiger partial charge in [0.05, 0.1) is 0 Å². The fourth-order valence-electron chi connectivity index (χ4n) is 9.52. The molecular weight excluding hydrogens is 759 g/mol. The molecule has 12 rings (SSSR count). The van der Waals surface area contributed by atoms with Crippen molar-refractivity contribution in [2.75, 3.05) is 0 Å². The summed E-state index contributed by atoms with van der Waals surface area (Å²) < 4.78 is 13.2. The summed E-state index contributed by atoms with van der Waals surface area (Å²) in [6.07, 6.45) is 17.4. The first kappa shape index (κ1) is 36.2. The van der Waals surface area contributed by atoms with Gasteiger partial charge in [-0.1, -0.05) is 146 Å². The Morgan fingerprint density at radius 2 is 1.26 bits per heavy atom. The Hall–Kier alpha value is -7.63. The minimum absolute atomic E-state index is 0.0655. The summed E-state index contributed by atoms with van der Waals surface area (Å²) in [7, 11) is 0. The fraction of sp³-hybridized carbons (Fsp3) is 0.105. The molecule has 62 heavy (non-hydrogen) atoms. The van der Waals surface area contributed by atoms with Crippen LogP contribution in [0.1, 0.15) is 60.1 Å². The molecule has 1 unspecified atom stereocenters. The van der Waals surface area contributed by atoms with E-state index in [9.17, 15) is 0 Å². The molecule has 0 amide bonds. The van der Waals surface area contributed by atoms with Crippen molar-refractivity contribution in [2.24, 2.45) is 0 Å². The maximum atomic E-state index is 6.62. The van der Waals surface area contributed by atoms with Gasteiger partial charge in [0.1, 0.15) is 28.2 Å². The van der Waals surface area contributed by atoms with Gasteiger partial charge in [0, 0.05) is 45.0 Å². The third-order valence-electron chi connectivity index (χ3n) is 12.6. The van der Waals surface area contributed by atoms with Crippen molar-refractivity contribution in [3.8, 4) is 44.8 Å². The molecule has 1 atom stereocenters. The van der Waals surface area contributed by atoms with Gasteiger partial charge in [-0.25, -0.2) is 15.0 Å². The Balaban J connectivity index is 0.986. The quantitative estimate of drug-likeness (QED) is 0.161.